The highest BCUT2D eigenvalue weighted by Gasteiger charge is 2.19. The molecule has 0 radical (unpaired) electrons. The smallest absolute Gasteiger partial charge is 0.0684 e. The highest BCUT2D eigenvalue weighted by Crippen LogP contribution is 2.20. The van der Waals surface area contributed by atoms with Gasteiger partial charge < -0.3 is 4.90 Å². The third-order valence-electron chi connectivity index (χ3n) is 3.05. The standard InChI is InChI=1S/C12H24N2/c1-10(2)11(3)14(6)8-7-12(4,5)9-13/h10-11H,7-8H2,1-6H3. The fourth-order valence-corrected chi connectivity index (χ4v) is 1.22. The first-order chi connectivity index (χ1) is 6.30. The molecule has 0 spiro atoms. The summed E-state index contributed by atoms with van der Waals surface area (Å²) in [5.74, 6) is 0.671. The molecule has 0 aromatic carbocycles. The van der Waals surface area contributed by atoms with Gasteiger partial charge in [0, 0.05) is 6.04 Å². The minimum Gasteiger partial charge on any atom is -0.303 e. The van der Waals surface area contributed by atoms with E-state index in [4.69, 9.17) is 5.26 Å². The maximum absolute atomic E-state index is 8.89. The summed E-state index contributed by atoms with van der Waals surface area (Å²) in [5.41, 5.74) is -0.190. The molecule has 0 aliphatic rings. The molecular formula is C12H24N2. The van der Waals surface area contributed by atoms with E-state index in [-0.39, 0.29) is 5.41 Å². The minimum atomic E-state index is -0.190. The summed E-state index contributed by atoms with van der Waals surface area (Å²) in [5, 5.41) is 8.89. The average molecular weight is 196 g/mol. The predicted octanol–water partition coefficient (Wildman–Crippen LogP) is 2.90. The quantitative estimate of drug-likeness (QED) is 0.676. The average Bonchev–Trinajstić information content (AvgIpc) is 2.13. The van der Waals surface area contributed by atoms with Crippen molar-refractivity contribution in [3.8, 4) is 6.07 Å². The zero-order valence-corrected chi connectivity index (χ0v) is 10.5. The van der Waals surface area contributed by atoms with E-state index in [0.717, 1.165) is 13.0 Å². The lowest BCUT2D eigenvalue weighted by Gasteiger charge is -2.29. The van der Waals surface area contributed by atoms with Crippen molar-refractivity contribution < 1.29 is 0 Å². The van der Waals surface area contributed by atoms with Crippen molar-refractivity contribution in [3.63, 3.8) is 0 Å². The van der Waals surface area contributed by atoms with Crippen molar-refractivity contribution in [2.45, 2.75) is 47.1 Å². The molecule has 0 aliphatic heterocycles. The third-order valence-corrected chi connectivity index (χ3v) is 3.05. The molecule has 1 unspecified atom stereocenters. The minimum absolute atomic E-state index is 0.190. The zero-order valence-electron chi connectivity index (χ0n) is 10.5. The second kappa shape index (κ2) is 5.36. The molecule has 0 aromatic rings. The summed E-state index contributed by atoms with van der Waals surface area (Å²) in [4.78, 5) is 2.34. The summed E-state index contributed by atoms with van der Waals surface area (Å²) in [7, 11) is 2.14. The summed E-state index contributed by atoms with van der Waals surface area (Å²) in [6.45, 7) is 11.7. The molecule has 0 bridgehead atoms. The van der Waals surface area contributed by atoms with E-state index < -0.39 is 0 Å². The number of nitrogens with zero attached hydrogens (tertiary/aromatic N) is 2. The van der Waals surface area contributed by atoms with Crippen LogP contribution in [0.4, 0.5) is 0 Å². The molecule has 0 aliphatic carbocycles. The fourth-order valence-electron chi connectivity index (χ4n) is 1.22. The van der Waals surface area contributed by atoms with Gasteiger partial charge >= 0.3 is 0 Å². The van der Waals surface area contributed by atoms with Crippen LogP contribution in [-0.2, 0) is 0 Å². The normalized spacial score (nSPS) is 14.5. The fraction of sp³-hybridized carbons (Fsp3) is 0.917. The first-order valence-electron chi connectivity index (χ1n) is 5.41. The Kier molecular flexibility index (Phi) is 5.15. The molecule has 0 N–H and O–H groups in total. The molecule has 0 aromatic heterocycles. The van der Waals surface area contributed by atoms with Gasteiger partial charge in [-0.1, -0.05) is 13.8 Å². The van der Waals surface area contributed by atoms with E-state index in [0.29, 0.717) is 12.0 Å². The van der Waals surface area contributed by atoms with Crippen LogP contribution in [0.2, 0.25) is 0 Å². The molecule has 0 saturated heterocycles. The highest BCUT2D eigenvalue weighted by atomic mass is 15.1. The lowest BCUT2D eigenvalue weighted by molar-refractivity contribution is 0.189. The molecule has 82 valence electrons. The molecule has 1 atom stereocenters. The summed E-state index contributed by atoms with van der Waals surface area (Å²) in [6, 6.07) is 2.93. The predicted molar refractivity (Wildman–Crippen MR) is 60.9 cm³/mol. The number of rotatable bonds is 5. The lowest BCUT2D eigenvalue weighted by Crippen LogP contribution is -2.35. The van der Waals surface area contributed by atoms with Gasteiger partial charge in [0.25, 0.3) is 0 Å². The van der Waals surface area contributed by atoms with E-state index in [1.54, 1.807) is 0 Å². The Balaban J connectivity index is 3.98. The van der Waals surface area contributed by atoms with E-state index in [9.17, 15) is 0 Å². The van der Waals surface area contributed by atoms with Gasteiger partial charge in [-0.05, 0) is 46.7 Å². The zero-order chi connectivity index (χ0) is 11.4. The van der Waals surface area contributed by atoms with Gasteiger partial charge in [-0.15, -0.1) is 0 Å². The van der Waals surface area contributed by atoms with Crippen LogP contribution < -0.4 is 0 Å². The van der Waals surface area contributed by atoms with E-state index >= 15 is 0 Å². The van der Waals surface area contributed by atoms with Gasteiger partial charge in [-0.25, -0.2) is 0 Å². The first-order valence-corrected chi connectivity index (χ1v) is 5.41. The van der Waals surface area contributed by atoms with Gasteiger partial charge in [0.2, 0.25) is 0 Å². The van der Waals surface area contributed by atoms with Crippen LogP contribution in [0.3, 0.4) is 0 Å². The van der Waals surface area contributed by atoms with Crippen LogP contribution in [-0.4, -0.2) is 24.5 Å². The van der Waals surface area contributed by atoms with Gasteiger partial charge in [-0.3, -0.25) is 0 Å². The molecule has 0 rings (SSSR count). The Morgan fingerprint density at radius 2 is 1.79 bits per heavy atom. The highest BCUT2D eigenvalue weighted by molar-refractivity contribution is 4.92. The van der Waals surface area contributed by atoms with E-state index in [1.165, 1.54) is 0 Å². The molecule has 0 heterocycles. The summed E-state index contributed by atoms with van der Waals surface area (Å²) < 4.78 is 0. The van der Waals surface area contributed by atoms with Crippen molar-refractivity contribution >= 4 is 0 Å². The van der Waals surface area contributed by atoms with Gasteiger partial charge in [0.15, 0.2) is 0 Å². The van der Waals surface area contributed by atoms with Gasteiger partial charge in [0.05, 0.1) is 11.5 Å². The second-order valence-corrected chi connectivity index (χ2v) is 5.21. The third kappa shape index (κ3) is 4.62. The summed E-state index contributed by atoms with van der Waals surface area (Å²) in [6.07, 6.45) is 0.942. The van der Waals surface area contributed by atoms with Gasteiger partial charge in [-0.2, -0.15) is 5.26 Å². The van der Waals surface area contributed by atoms with Crippen LogP contribution >= 0.6 is 0 Å². The van der Waals surface area contributed by atoms with Gasteiger partial charge in [0.1, 0.15) is 0 Å². The van der Waals surface area contributed by atoms with Crippen molar-refractivity contribution in [2.75, 3.05) is 13.6 Å². The molecule has 0 saturated carbocycles. The van der Waals surface area contributed by atoms with Crippen LogP contribution in [0.5, 0.6) is 0 Å². The SMILES string of the molecule is CC(C)C(C)N(C)CCC(C)(C)C#N. The Morgan fingerprint density at radius 3 is 2.14 bits per heavy atom. The molecular weight excluding hydrogens is 172 g/mol. The molecule has 2 nitrogen and oxygen atoms in total. The Morgan fingerprint density at radius 1 is 1.29 bits per heavy atom. The van der Waals surface area contributed by atoms with Crippen LogP contribution in [0, 0.1) is 22.7 Å². The van der Waals surface area contributed by atoms with E-state index in [1.807, 2.05) is 13.8 Å². The van der Waals surface area contributed by atoms with Crippen LogP contribution in [0.1, 0.15) is 41.0 Å². The number of hydrogen-bond donors (Lipinski definition) is 0. The number of nitriles is 1. The van der Waals surface area contributed by atoms with Crippen LogP contribution in [0.25, 0.3) is 0 Å². The molecule has 0 fully saturated rings. The van der Waals surface area contributed by atoms with Crippen molar-refractivity contribution in [2.24, 2.45) is 11.3 Å². The second-order valence-electron chi connectivity index (χ2n) is 5.21. The Bertz CT molecular complexity index is 201. The molecule has 14 heavy (non-hydrogen) atoms. The molecule has 2 heteroatoms. The number of hydrogen-bond acceptors (Lipinski definition) is 2. The Labute approximate surface area is 88.9 Å². The van der Waals surface area contributed by atoms with Crippen molar-refractivity contribution in [1.29, 1.82) is 5.26 Å². The first kappa shape index (κ1) is 13.4. The van der Waals surface area contributed by atoms with E-state index in [2.05, 4.69) is 38.8 Å². The lowest BCUT2D eigenvalue weighted by atomic mass is 9.91. The van der Waals surface area contributed by atoms with Crippen LogP contribution in [0.15, 0.2) is 0 Å². The maximum Gasteiger partial charge on any atom is 0.0684 e. The topological polar surface area (TPSA) is 27.0 Å². The Hall–Kier alpha value is -0.550. The van der Waals surface area contributed by atoms with Crippen molar-refractivity contribution in [3.05, 3.63) is 0 Å². The van der Waals surface area contributed by atoms with Crippen molar-refractivity contribution in [1.82, 2.24) is 4.90 Å². The molecule has 0 amide bonds. The largest absolute Gasteiger partial charge is 0.303 e. The monoisotopic (exact) mass is 196 g/mol. The maximum atomic E-state index is 8.89. The summed E-state index contributed by atoms with van der Waals surface area (Å²) >= 11 is 0.